The molecule has 4 heteroatoms. The highest BCUT2D eigenvalue weighted by Gasteiger charge is 2.12. The second kappa shape index (κ2) is 4.53. The van der Waals surface area contributed by atoms with E-state index < -0.39 is 5.91 Å². The van der Waals surface area contributed by atoms with Crippen molar-refractivity contribution in [3.8, 4) is 5.75 Å². The molecule has 4 nitrogen and oxygen atoms in total. The number of hydrogen-bond acceptors (Lipinski definition) is 3. The molecular formula is C12H18N2O2. The summed E-state index contributed by atoms with van der Waals surface area (Å²) >= 11 is 0. The normalized spacial score (nSPS) is 11.2. The van der Waals surface area contributed by atoms with Crippen molar-refractivity contribution in [2.75, 3.05) is 6.61 Å². The van der Waals surface area contributed by atoms with Crippen LogP contribution in [0.4, 0.5) is 0 Å². The summed E-state index contributed by atoms with van der Waals surface area (Å²) in [5.41, 5.74) is 11.9. The van der Waals surface area contributed by atoms with Crippen molar-refractivity contribution < 1.29 is 9.53 Å². The number of rotatable bonds is 4. The molecule has 88 valence electrons. The van der Waals surface area contributed by atoms with Gasteiger partial charge in [0.15, 0.2) is 0 Å². The molecule has 0 bridgehead atoms. The van der Waals surface area contributed by atoms with Crippen LogP contribution in [-0.4, -0.2) is 18.1 Å². The Bertz CT molecular complexity index is 394. The van der Waals surface area contributed by atoms with Crippen molar-refractivity contribution in [1.29, 1.82) is 0 Å². The summed E-state index contributed by atoms with van der Waals surface area (Å²) in [6.07, 6.45) is 0. The molecule has 1 amide bonds. The van der Waals surface area contributed by atoms with Gasteiger partial charge in [0.25, 0.3) is 0 Å². The molecule has 0 aliphatic carbocycles. The lowest BCUT2D eigenvalue weighted by molar-refractivity contribution is 0.0999. The van der Waals surface area contributed by atoms with E-state index in [2.05, 4.69) is 0 Å². The van der Waals surface area contributed by atoms with Crippen LogP contribution in [0, 0.1) is 6.92 Å². The van der Waals surface area contributed by atoms with Crippen LogP contribution in [0.2, 0.25) is 0 Å². The Morgan fingerprint density at radius 2 is 2.06 bits per heavy atom. The fourth-order valence-corrected chi connectivity index (χ4v) is 1.27. The van der Waals surface area contributed by atoms with Gasteiger partial charge in [0.05, 0.1) is 0 Å². The molecule has 0 aliphatic rings. The molecule has 0 radical (unpaired) electrons. The fourth-order valence-electron chi connectivity index (χ4n) is 1.27. The van der Waals surface area contributed by atoms with Crippen LogP contribution in [0.5, 0.6) is 5.75 Å². The molecule has 4 N–H and O–H groups in total. The number of hydrogen-bond donors (Lipinski definition) is 2. The maximum Gasteiger partial charge on any atom is 0.248 e. The number of carbonyl (C=O) groups excluding carboxylic acids is 1. The third kappa shape index (κ3) is 3.55. The minimum absolute atomic E-state index is 0.379. The molecule has 1 aromatic rings. The predicted octanol–water partition coefficient (Wildman–Crippen LogP) is 1.21. The van der Waals surface area contributed by atoms with E-state index in [4.69, 9.17) is 16.2 Å². The average Bonchev–Trinajstić information content (AvgIpc) is 2.13. The number of nitrogens with two attached hydrogens (primary N) is 2. The topological polar surface area (TPSA) is 78.3 Å². The van der Waals surface area contributed by atoms with E-state index >= 15 is 0 Å². The summed E-state index contributed by atoms with van der Waals surface area (Å²) in [7, 11) is 0. The van der Waals surface area contributed by atoms with Gasteiger partial charge in [-0.15, -0.1) is 0 Å². The Labute approximate surface area is 95.6 Å². The van der Waals surface area contributed by atoms with Crippen molar-refractivity contribution in [1.82, 2.24) is 0 Å². The molecule has 0 spiro atoms. The number of carbonyl (C=O) groups is 1. The Hall–Kier alpha value is -1.55. The van der Waals surface area contributed by atoms with E-state index in [-0.39, 0.29) is 5.54 Å². The molecule has 1 aromatic carbocycles. The third-order valence-electron chi connectivity index (χ3n) is 2.07. The molecule has 0 heterocycles. The quantitative estimate of drug-likeness (QED) is 0.803. The maximum absolute atomic E-state index is 11.0. The Balaban J connectivity index is 2.78. The first-order chi connectivity index (χ1) is 7.29. The summed E-state index contributed by atoms with van der Waals surface area (Å²) in [5.74, 6) is 0.268. The SMILES string of the molecule is Cc1cc(OCC(C)(C)N)ccc1C(N)=O. The highest BCUT2D eigenvalue weighted by atomic mass is 16.5. The fraction of sp³-hybridized carbons (Fsp3) is 0.417. The van der Waals surface area contributed by atoms with Gasteiger partial charge in [0.1, 0.15) is 12.4 Å². The first kappa shape index (κ1) is 12.5. The highest BCUT2D eigenvalue weighted by molar-refractivity contribution is 5.94. The van der Waals surface area contributed by atoms with Gasteiger partial charge in [0.2, 0.25) is 5.91 Å². The monoisotopic (exact) mass is 222 g/mol. The average molecular weight is 222 g/mol. The van der Waals surface area contributed by atoms with Crippen LogP contribution in [0.15, 0.2) is 18.2 Å². The summed E-state index contributed by atoms with van der Waals surface area (Å²) in [6, 6.07) is 5.17. The van der Waals surface area contributed by atoms with Gasteiger partial charge in [0, 0.05) is 11.1 Å². The molecular weight excluding hydrogens is 204 g/mol. The van der Waals surface area contributed by atoms with Crippen molar-refractivity contribution in [2.24, 2.45) is 11.5 Å². The number of benzene rings is 1. The predicted molar refractivity (Wildman–Crippen MR) is 63.5 cm³/mol. The maximum atomic E-state index is 11.0. The summed E-state index contributed by atoms with van der Waals surface area (Å²) < 4.78 is 5.51. The van der Waals surface area contributed by atoms with Gasteiger partial charge < -0.3 is 16.2 Å². The van der Waals surface area contributed by atoms with Crippen LogP contribution in [0.3, 0.4) is 0 Å². The van der Waals surface area contributed by atoms with Crippen LogP contribution < -0.4 is 16.2 Å². The second-order valence-corrected chi connectivity index (χ2v) is 4.62. The smallest absolute Gasteiger partial charge is 0.248 e. The molecule has 0 atom stereocenters. The molecule has 0 saturated heterocycles. The van der Waals surface area contributed by atoms with E-state index in [0.717, 1.165) is 5.56 Å². The summed E-state index contributed by atoms with van der Waals surface area (Å²) in [6.45, 7) is 6.01. The lowest BCUT2D eigenvalue weighted by Gasteiger charge is -2.19. The van der Waals surface area contributed by atoms with Crippen LogP contribution >= 0.6 is 0 Å². The van der Waals surface area contributed by atoms with Crippen LogP contribution in [0.25, 0.3) is 0 Å². The number of amides is 1. The lowest BCUT2D eigenvalue weighted by Crippen LogP contribution is -2.38. The standard InChI is InChI=1S/C12H18N2O2/c1-8-6-9(16-7-12(2,3)14)4-5-10(8)11(13)15/h4-6H,7,14H2,1-3H3,(H2,13,15). The van der Waals surface area contributed by atoms with E-state index in [1.807, 2.05) is 20.8 Å². The first-order valence-corrected chi connectivity index (χ1v) is 5.12. The molecule has 0 fully saturated rings. The van der Waals surface area contributed by atoms with Gasteiger partial charge >= 0.3 is 0 Å². The highest BCUT2D eigenvalue weighted by Crippen LogP contribution is 2.17. The molecule has 0 saturated carbocycles. The largest absolute Gasteiger partial charge is 0.492 e. The van der Waals surface area contributed by atoms with E-state index in [0.29, 0.717) is 17.9 Å². The third-order valence-corrected chi connectivity index (χ3v) is 2.07. The van der Waals surface area contributed by atoms with Crippen LogP contribution in [0.1, 0.15) is 29.8 Å². The van der Waals surface area contributed by atoms with E-state index in [9.17, 15) is 4.79 Å². The van der Waals surface area contributed by atoms with Crippen molar-refractivity contribution >= 4 is 5.91 Å². The van der Waals surface area contributed by atoms with Gasteiger partial charge in [-0.05, 0) is 44.5 Å². The Morgan fingerprint density at radius 1 is 1.44 bits per heavy atom. The van der Waals surface area contributed by atoms with Crippen molar-refractivity contribution in [3.05, 3.63) is 29.3 Å². The molecule has 0 unspecified atom stereocenters. The summed E-state index contributed by atoms with van der Waals surface area (Å²) in [4.78, 5) is 11.0. The second-order valence-electron chi connectivity index (χ2n) is 4.62. The zero-order chi connectivity index (χ0) is 12.3. The zero-order valence-electron chi connectivity index (χ0n) is 9.91. The summed E-state index contributed by atoms with van der Waals surface area (Å²) in [5, 5.41) is 0. The van der Waals surface area contributed by atoms with Gasteiger partial charge in [-0.1, -0.05) is 0 Å². The van der Waals surface area contributed by atoms with Gasteiger partial charge in [-0.25, -0.2) is 0 Å². The molecule has 1 rings (SSSR count). The number of ether oxygens (including phenoxy) is 1. The molecule has 0 aliphatic heterocycles. The first-order valence-electron chi connectivity index (χ1n) is 5.12. The van der Waals surface area contributed by atoms with E-state index in [1.165, 1.54) is 0 Å². The number of aryl methyl sites for hydroxylation is 1. The van der Waals surface area contributed by atoms with Gasteiger partial charge in [-0.2, -0.15) is 0 Å². The molecule has 16 heavy (non-hydrogen) atoms. The molecule has 0 aromatic heterocycles. The van der Waals surface area contributed by atoms with Crippen LogP contribution in [-0.2, 0) is 0 Å². The number of primary amides is 1. The lowest BCUT2D eigenvalue weighted by atomic mass is 10.1. The van der Waals surface area contributed by atoms with E-state index in [1.54, 1.807) is 18.2 Å². The van der Waals surface area contributed by atoms with Crippen molar-refractivity contribution in [3.63, 3.8) is 0 Å². The minimum Gasteiger partial charge on any atom is -0.492 e. The Morgan fingerprint density at radius 3 is 2.50 bits per heavy atom. The van der Waals surface area contributed by atoms with Gasteiger partial charge in [-0.3, -0.25) is 4.79 Å². The van der Waals surface area contributed by atoms with Crippen molar-refractivity contribution in [2.45, 2.75) is 26.3 Å². The Kier molecular flexibility index (Phi) is 3.55. The minimum atomic E-state index is -0.428. The zero-order valence-corrected chi connectivity index (χ0v) is 9.91.